The first-order valence-electron chi connectivity index (χ1n) is 7.01. The Hall–Kier alpha value is -3.35. The summed E-state index contributed by atoms with van der Waals surface area (Å²) in [5.74, 6) is -0.265. The molecule has 4 heterocycles. The molecule has 0 fully saturated rings. The van der Waals surface area contributed by atoms with E-state index in [1.165, 1.54) is 6.07 Å². The summed E-state index contributed by atoms with van der Waals surface area (Å²) >= 11 is 0. The van der Waals surface area contributed by atoms with Gasteiger partial charge in [0.05, 0.1) is 6.20 Å². The first-order chi connectivity index (χ1) is 11.1. The summed E-state index contributed by atoms with van der Waals surface area (Å²) < 4.78 is 5.28. The van der Waals surface area contributed by atoms with Crippen LogP contribution in [0.15, 0.2) is 55.1 Å². The van der Waals surface area contributed by atoms with Crippen LogP contribution in [0.25, 0.3) is 22.5 Å². The molecule has 23 heavy (non-hydrogen) atoms. The second-order valence-electron chi connectivity index (χ2n) is 5.26. The number of aromatic carboxylic acids is 1. The molecule has 7 nitrogen and oxygen atoms in total. The number of carbonyl (C=O) groups is 1. The van der Waals surface area contributed by atoms with Crippen molar-refractivity contribution >= 4 is 11.5 Å². The molecule has 7 heteroatoms. The van der Waals surface area contributed by atoms with Gasteiger partial charge in [0, 0.05) is 42.3 Å². The van der Waals surface area contributed by atoms with Gasteiger partial charge in [-0.2, -0.15) is 10.2 Å². The molecule has 1 N–H and O–H groups in total. The Labute approximate surface area is 131 Å². The zero-order valence-electron chi connectivity index (χ0n) is 12.3. The second kappa shape index (κ2) is 4.84. The van der Waals surface area contributed by atoms with E-state index in [4.69, 9.17) is 5.11 Å². The number of hydrogen-bond donors (Lipinski definition) is 1. The van der Waals surface area contributed by atoms with Crippen LogP contribution in [0.1, 0.15) is 10.5 Å². The van der Waals surface area contributed by atoms with E-state index in [1.54, 1.807) is 21.8 Å². The maximum Gasteiger partial charge on any atom is 0.356 e. The van der Waals surface area contributed by atoms with Gasteiger partial charge < -0.3 is 9.51 Å². The van der Waals surface area contributed by atoms with Gasteiger partial charge in [0.1, 0.15) is 5.82 Å². The molecule has 0 bridgehead atoms. The smallest absolute Gasteiger partial charge is 0.356 e. The van der Waals surface area contributed by atoms with E-state index in [9.17, 15) is 4.79 Å². The van der Waals surface area contributed by atoms with E-state index >= 15 is 0 Å². The van der Waals surface area contributed by atoms with E-state index in [0.29, 0.717) is 0 Å². The predicted molar refractivity (Wildman–Crippen MR) is 83.7 cm³/mol. The number of carboxylic acids is 1. The lowest BCUT2D eigenvalue weighted by molar-refractivity contribution is 0.0690. The highest BCUT2D eigenvalue weighted by Gasteiger charge is 2.11. The Balaban J connectivity index is 1.85. The fourth-order valence-electron chi connectivity index (χ4n) is 2.58. The Morgan fingerprint density at radius 2 is 1.91 bits per heavy atom. The minimum atomic E-state index is -1.04. The Kier molecular flexibility index (Phi) is 2.80. The number of hydrogen-bond acceptors (Lipinski definition) is 3. The Morgan fingerprint density at radius 3 is 2.61 bits per heavy atom. The Morgan fingerprint density at radius 1 is 1.09 bits per heavy atom. The number of nitrogens with zero attached hydrogens (tertiary/aromatic N) is 5. The lowest BCUT2D eigenvalue weighted by Crippen LogP contribution is -2.03. The SMILES string of the molecule is Cn1cc(-c2ccc3ccc(-n4ccc(C(=O)O)n4)n3c2)cn1. The summed E-state index contributed by atoms with van der Waals surface area (Å²) in [5, 5.41) is 17.3. The number of carboxylic acid groups (broad SMARTS) is 1. The largest absolute Gasteiger partial charge is 0.476 e. The highest BCUT2D eigenvalue weighted by molar-refractivity contribution is 5.85. The molecule has 0 saturated heterocycles. The van der Waals surface area contributed by atoms with E-state index in [-0.39, 0.29) is 5.69 Å². The van der Waals surface area contributed by atoms with Crippen LogP contribution in [0.4, 0.5) is 0 Å². The average Bonchev–Trinajstić information content (AvgIpc) is 3.24. The van der Waals surface area contributed by atoms with Crippen molar-refractivity contribution in [1.82, 2.24) is 24.0 Å². The molecule has 114 valence electrons. The number of pyridine rings is 1. The summed E-state index contributed by atoms with van der Waals surface area (Å²) in [6.45, 7) is 0. The topological polar surface area (TPSA) is 77.3 Å². The molecule has 0 amide bonds. The molecule has 0 spiro atoms. The van der Waals surface area contributed by atoms with Crippen molar-refractivity contribution < 1.29 is 9.90 Å². The van der Waals surface area contributed by atoms with Crippen molar-refractivity contribution in [2.24, 2.45) is 7.05 Å². The van der Waals surface area contributed by atoms with Crippen LogP contribution < -0.4 is 0 Å². The molecule has 0 aliphatic carbocycles. The fourth-order valence-corrected chi connectivity index (χ4v) is 2.58. The van der Waals surface area contributed by atoms with Gasteiger partial charge in [-0.15, -0.1) is 0 Å². The number of aryl methyl sites for hydroxylation is 1. The molecule has 4 aromatic heterocycles. The van der Waals surface area contributed by atoms with Gasteiger partial charge in [-0.1, -0.05) is 6.07 Å². The number of fused-ring (bicyclic) bond motifs is 1. The highest BCUT2D eigenvalue weighted by atomic mass is 16.4. The van der Waals surface area contributed by atoms with Crippen LogP contribution in [0.3, 0.4) is 0 Å². The van der Waals surface area contributed by atoms with Gasteiger partial charge >= 0.3 is 5.97 Å². The van der Waals surface area contributed by atoms with Gasteiger partial charge in [0.25, 0.3) is 0 Å². The van der Waals surface area contributed by atoms with E-state index in [0.717, 1.165) is 22.5 Å². The van der Waals surface area contributed by atoms with Gasteiger partial charge in [0.15, 0.2) is 5.69 Å². The standard InChI is InChI=1S/C16H13N5O2/c1-19-9-12(8-17-19)11-2-3-13-4-5-15(20(13)10-11)21-7-6-14(18-21)16(22)23/h2-10H,1H3,(H,22,23). The van der Waals surface area contributed by atoms with Crippen molar-refractivity contribution in [1.29, 1.82) is 0 Å². The van der Waals surface area contributed by atoms with Crippen LogP contribution in [0.2, 0.25) is 0 Å². The zero-order chi connectivity index (χ0) is 16.0. The third kappa shape index (κ3) is 2.18. The van der Waals surface area contributed by atoms with Crippen molar-refractivity contribution in [2.45, 2.75) is 0 Å². The van der Waals surface area contributed by atoms with E-state index < -0.39 is 5.97 Å². The van der Waals surface area contributed by atoms with Gasteiger partial charge in [0.2, 0.25) is 0 Å². The van der Waals surface area contributed by atoms with Crippen LogP contribution in [0, 0.1) is 0 Å². The van der Waals surface area contributed by atoms with Gasteiger partial charge in [-0.25, -0.2) is 9.48 Å². The van der Waals surface area contributed by atoms with Gasteiger partial charge in [-0.3, -0.25) is 4.68 Å². The van der Waals surface area contributed by atoms with E-state index in [1.807, 2.05) is 48.1 Å². The molecule has 0 unspecified atom stereocenters. The molecule has 4 aromatic rings. The first-order valence-corrected chi connectivity index (χ1v) is 7.01. The third-order valence-corrected chi connectivity index (χ3v) is 3.71. The molecule has 0 saturated carbocycles. The summed E-state index contributed by atoms with van der Waals surface area (Å²) in [4.78, 5) is 11.0. The molecule has 0 radical (unpaired) electrons. The maximum atomic E-state index is 11.0. The summed E-state index contributed by atoms with van der Waals surface area (Å²) in [7, 11) is 1.88. The van der Waals surface area contributed by atoms with Crippen LogP contribution >= 0.6 is 0 Å². The quantitative estimate of drug-likeness (QED) is 0.629. The predicted octanol–water partition coefficient (Wildman–Crippen LogP) is 2.22. The summed E-state index contributed by atoms with van der Waals surface area (Å²) in [6, 6.07) is 9.38. The van der Waals surface area contributed by atoms with Crippen LogP contribution in [-0.2, 0) is 7.05 Å². The monoisotopic (exact) mass is 307 g/mol. The van der Waals surface area contributed by atoms with Crippen LogP contribution in [0.5, 0.6) is 0 Å². The number of aromatic nitrogens is 5. The zero-order valence-corrected chi connectivity index (χ0v) is 12.3. The molecule has 0 aliphatic heterocycles. The summed E-state index contributed by atoms with van der Waals surface area (Å²) in [5.41, 5.74) is 3.05. The van der Waals surface area contributed by atoms with Crippen molar-refractivity contribution in [2.75, 3.05) is 0 Å². The lowest BCUT2D eigenvalue weighted by atomic mass is 10.1. The molecule has 0 aromatic carbocycles. The molecular weight excluding hydrogens is 294 g/mol. The molecule has 0 aliphatic rings. The van der Waals surface area contributed by atoms with Gasteiger partial charge in [-0.05, 0) is 24.3 Å². The van der Waals surface area contributed by atoms with Crippen molar-refractivity contribution in [3.63, 3.8) is 0 Å². The summed E-state index contributed by atoms with van der Waals surface area (Å²) in [6.07, 6.45) is 7.38. The fraction of sp³-hybridized carbons (Fsp3) is 0.0625. The minimum absolute atomic E-state index is 0.0170. The first kappa shape index (κ1) is 13.3. The Bertz CT molecular complexity index is 1020. The molecule has 4 rings (SSSR count). The van der Waals surface area contributed by atoms with Crippen molar-refractivity contribution in [3.05, 3.63) is 60.8 Å². The normalized spacial score (nSPS) is 11.2. The highest BCUT2D eigenvalue weighted by Crippen LogP contribution is 2.22. The molecular formula is C16H13N5O2. The third-order valence-electron chi connectivity index (χ3n) is 3.71. The lowest BCUT2D eigenvalue weighted by Gasteiger charge is -2.05. The second-order valence-corrected chi connectivity index (χ2v) is 5.26. The maximum absolute atomic E-state index is 11.0. The minimum Gasteiger partial charge on any atom is -0.476 e. The van der Waals surface area contributed by atoms with Crippen LogP contribution in [-0.4, -0.2) is 35.0 Å². The molecule has 0 atom stereocenters. The average molecular weight is 307 g/mol. The number of rotatable bonds is 3. The van der Waals surface area contributed by atoms with Crippen molar-refractivity contribution in [3.8, 4) is 16.9 Å². The van der Waals surface area contributed by atoms with E-state index in [2.05, 4.69) is 10.2 Å².